The van der Waals surface area contributed by atoms with Gasteiger partial charge in [0, 0.05) is 18.3 Å². The van der Waals surface area contributed by atoms with Gasteiger partial charge in [0.05, 0.1) is 5.39 Å². The number of rotatable bonds is 5. The summed E-state index contributed by atoms with van der Waals surface area (Å²) in [5.74, 6) is -2.09. The van der Waals surface area contributed by atoms with Gasteiger partial charge in [-0.25, -0.2) is 9.18 Å². The molecule has 3 aromatic rings. The largest absolute Gasteiger partial charge is 0.450 e. The molecule has 0 radical (unpaired) electrons. The Labute approximate surface area is 160 Å². The van der Waals surface area contributed by atoms with E-state index in [0.29, 0.717) is 17.6 Å². The van der Waals surface area contributed by atoms with Crippen LogP contribution >= 0.6 is 0 Å². The molecule has 2 aromatic carbocycles. The van der Waals surface area contributed by atoms with E-state index in [4.69, 9.17) is 9.15 Å². The third-order valence-electron chi connectivity index (χ3n) is 4.17. The number of carbonyl (C=O) groups excluding carboxylic acids is 2. The van der Waals surface area contributed by atoms with Gasteiger partial charge in [-0.1, -0.05) is 11.6 Å². The fourth-order valence-electron chi connectivity index (χ4n) is 2.77. The van der Waals surface area contributed by atoms with E-state index in [9.17, 15) is 18.8 Å². The number of fused-ring (bicyclic) bond motifs is 1. The van der Waals surface area contributed by atoms with Crippen LogP contribution in [0.4, 0.5) is 10.1 Å². The second-order valence-corrected chi connectivity index (χ2v) is 6.17. The van der Waals surface area contributed by atoms with E-state index in [1.54, 1.807) is 25.1 Å². The first-order chi connectivity index (χ1) is 13.4. The van der Waals surface area contributed by atoms with Crippen molar-refractivity contribution in [1.82, 2.24) is 0 Å². The first kappa shape index (κ1) is 19.3. The number of benzene rings is 2. The molecule has 0 fully saturated rings. The molecule has 6 nitrogen and oxygen atoms in total. The quantitative estimate of drug-likeness (QED) is 0.631. The van der Waals surface area contributed by atoms with Crippen LogP contribution in [0, 0.1) is 12.7 Å². The molecule has 0 saturated carbocycles. The van der Waals surface area contributed by atoms with Crippen LogP contribution < -0.4 is 10.3 Å². The standard InChI is InChI=1S/C21H18FNO5/c1-3-23(15-7-5-14(22)6-8-15)20(25)12-27-21(26)19-11-17(24)16-10-13(2)4-9-18(16)28-19/h4-11H,3,12H2,1-2H3. The van der Waals surface area contributed by atoms with Crippen molar-refractivity contribution >= 4 is 28.5 Å². The maximum atomic E-state index is 13.1. The van der Waals surface area contributed by atoms with Gasteiger partial charge in [0.15, 0.2) is 12.0 Å². The molecular formula is C21H18FNO5. The summed E-state index contributed by atoms with van der Waals surface area (Å²) in [5, 5.41) is 0.362. The Morgan fingerprint density at radius 1 is 1.11 bits per heavy atom. The molecule has 3 rings (SSSR count). The molecule has 28 heavy (non-hydrogen) atoms. The second-order valence-electron chi connectivity index (χ2n) is 6.17. The predicted octanol–water partition coefficient (Wildman–Crippen LogP) is 3.45. The van der Waals surface area contributed by atoms with Crippen molar-refractivity contribution in [1.29, 1.82) is 0 Å². The lowest BCUT2D eigenvalue weighted by atomic mass is 10.1. The van der Waals surface area contributed by atoms with Crippen molar-refractivity contribution in [2.24, 2.45) is 0 Å². The number of amides is 1. The van der Waals surface area contributed by atoms with Crippen LogP contribution in [0.1, 0.15) is 23.0 Å². The van der Waals surface area contributed by atoms with Crippen LogP contribution in [0.5, 0.6) is 0 Å². The fourth-order valence-corrected chi connectivity index (χ4v) is 2.77. The van der Waals surface area contributed by atoms with Gasteiger partial charge in [0.1, 0.15) is 11.4 Å². The summed E-state index contributed by atoms with van der Waals surface area (Å²) < 4.78 is 23.5. The van der Waals surface area contributed by atoms with E-state index in [1.165, 1.54) is 29.2 Å². The molecule has 1 amide bonds. The molecule has 0 N–H and O–H groups in total. The SMILES string of the molecule is CCN(C(=O)COC(=O)c1cc(=O)c2cc(C)ccc2o1)c1ccc(F)cc1. The van der Waals surface area contributed by atoms with Crippen LogP contribution in [-0.2, 0) is 9.53 Å². The van der Waals surface area contributed by atoms with Gasteiger partial charge in [-0.05, 0) is 50.2 Å². The second kappa shape index (κ2) is 8.04. The lowest BCUT2D eigenvalue weighted by Gasteiger charge is -2.20. The van der Waals surface area contributed by atoms with Gasteiger partial charge < -0.3 is 14.1 Å². The van der Waals surface area contributed by atoms with E-state index in [0.717, 1.165) is 11.6 Å². The summed E-state index contributed by atoms with van der Waals surface area (Å²) in [6.07, 6.45) is 0. The topological polar surface area (TPSA) is 76.8 Å². The van der Waals surface area contributed by atoms with Crippen LogP contribution in [0.3, 0.4) is 0 Å². The zero-order valence-corrected chi connectivity index (χ0v) is 15.4. The Hall–Kier alpha value is -3.48. The number of halogens is 1. The van der Waals surface area contributed by atoms with E-state index >= 15 is 0 Å². The number of anilines is 1. The number of likely N-dealkylation sites (N-methyl/N-ethyl adjacent to an activating group) is 1. The minimum atomic E-state index is -0.914. The molecule has 0 aliphatic heterocycles. The minimum absolute atomic E-state index is 0.262. The molecule has 0 atom stereocenters. The van der Waals surface area contributed by atoms with E-state index in [1.807, 2.05) is 6.92 Å². The van der Waals surface area contributed by atoms with Crippen molar-refractivity contribution in [2.75, 3.05) is 18.1 Å². The van der Waals surface area contributed by atoms with E-state index in [-0.39, 0.29) is 16.8 Å². The van der Waals surface area contributed by atoms with E-state index in [2.05, 4.69) is 0 Å². The number of aryl methyl sites for hydroxylation is 1. The number of esters is 1. The Bertz CT molecular complexity index is 1090. The average molecular weight is 383 g/mol. The number of hydrogen-bond donors (Lipinski definition) is 0. The molecule has 0 spiro atoms. The molecule has 7 heteroatoms. The lowest BCUT2D eigenvalue weighted by Crippen LogP contribution is -2.34. The van der Waals surface area contributed by atoms with Crippen LogP contribution in [0.25, 0.3) is 11.0 Å². The summed E-state index contributed by atoms with van der Waals surface area (Å²) >= 11 is 0. The van der Waals surface area contributed by atoms with Crippen LogP contribution in [0.15, 0.2) is 57.7 Å². The van der Waals surface area contributed by atoms with Crippen LogP contribution in [0.2, 0.25) is 0 Å². The van der Waals surface area contributed by atoms with Gasteiger partial charge in [-0.15, -0.1) is 0 Å². The monoisotopic (exact) mass is 383 g/mol. The molecular weight excluding hydrogens is 365 g/mol. The van der Waals surface area contributed by atoms with Crippen molar-refractivity contribution in [3.8, 4) is 0 Å². The smallest absolute Gasteiger partial charge is 0.374 e. The molecule has 0 bridgehead atoms. The normalized spacial score (nSPS) is 10.7. The average Bonchev–Trinajstić information content (AvgIpc) is 2.68. The molecule has 0 aliphatic carbocycles. The van der Waals surface area contributed by atoms with Crippen molar-refractivity contribution < 1.29 is 23.1 Å². The van der Waals surface area contributed by atoms with Gasteiger partial charge in [0.2, 0.25) is 5.76 Å². The number of hydrogen-bond acceptors (Lipinski definition) is 5. The van der Waals surface area contributed by atoms with Crippen molar-refractivity contribution in [3.63, 3.8) is 0 Å². The first-order valence-corrected chi connectivity index (χ1v) is 8.66. The minimum Gasteiger partial charge on any atom is -0.450 e. The molecule has 0 unspecified atom stereocenters. The Morgan fingerprint density at radius 3 is 2.50 bits per heavy atom. The molecule has 1 heterocycles. The fraction of sp³-hybridized carbons (Fsp3) is 0.190. The zero-order valence-electron chi connectivity index (χ0n) is 15.4. The molecule has 1 aromatic heterocycles. The first-order valence-electron chi connectivity index (χ1n) is 8.66. The summed E-state index contributed by atoms with van der Waals surface area (Å²) in [6, 6.07) is 11.5. The Morgan fingerprint density at radius 2 is 1.82 bits per heavy atom. The highest BCUT2D eigenvalue weighted by atomic mass is 19.1. The molecule has 144 valence electrons. The Kier molecular flexibility index (Phi) is 5.54. The number of carbonyl (C=O) groups is 2. The lowest BCUT2D eigenvalue weighted by molar-refractivity contribution is -0.121. The van der Waals surface area contributed by atoms with E-state index < -0.39 is 24.3 Å². The van der Waals surface area contributed by atoms with Gasteiger partial charge in [-0.3, -0.25) is 9.59 Å². The number of ether oxygens (including phenoxy) is 1. The number of nitrogens with zero attached hydrogens (tertiary/aromatic N) is 1. The third-order valence-corrected chi connectivity index (χ3v) is 4.17. The maximum Gasteiger partial charge on any atom is 0.374 e. The molecule has 0 aliphatic rings. The highest BCUT2D eigenvalue weighted by Gasteiger charge is 2.19. The maximum absolute atomic E-state index is 13.1. The van der Waals surface area contributed by atoms with Gasteiger partial charge >= 0.3 is 5.97 Å². The zero-order chi connectivity index (χ0) is 20.3. The highest BCUT2D eigenvalue weighted by Crippen LogP contribution is 2.16. The Balaban J connectivity index is 1.73. The summed E-state index contributed by atoms with van der Waals surface area (Å²) in [5.41, 5.74) is 1.27. The highest BCUT2D eigenvalue weighted by molar-refractivity contribution is 5.96. The van der Waals surface area contributed by atoms with Gasteiger partial charge in [0.25, 0.3) is 5.91 Å². The predicted molar refractivity (Wildman–Crippen MR) is 102 cm³/mol. The van der Waals surface area contributed by atoms with Gasteiger partial charge in [-0.2, -0.15) is 0 Å². The van der Waals surface area contributed by atoms with Crippen molar-refractivity contribution in [3.05, 3.63) is 75.9 Å². The van der Waals surface area contributed by atoms with Crippen molar-refractivity contribution in [2.45, 2.75) is 13.8 Å². The molecule has 0 saturated heterocycles. The van der Waals surface area contributed by atoms with Crippen LogP contribution in [-0.4, -0.2) is 25.0 Å². The third kappa shape index (κ3) is 4.09. The summed E-state index contributed by atoms with van der Waals surface area (Å²) in [6.45, 7) is 3.35. The summed E-state index contributed by atoms with van der Waals surface area (Å²) in [7, 11) is 0. The summed E-state index contributed by atoms with van der Waals surface area (Å²) in [4.78, 5) is 38.1.